The Balaban J connectivity index is 1.89. The fraction of sp³-hybridized carbons (Fsp3) is 0.0588. The highest BCUT2D eigenvalue weighted by Crippen LogP contribution is 2.30. The summed E-state index contributed by atoms with van der Waals surface area (Å²) < 4.78 is 0. The first-order valence-corrected chi connectivity index (χ1v) is 7.16. The van der Waals surface area contributed by atoms with Crippen molar-refractivity contribution in [2.24, 2.45) is 0 Å². The van der Waals surface area contributed by atoms with Crippen LogP contribution in [0.1, 0.15) is 5.56 Å². The third-order valence-electron chi connectivity index (χ3n) is 3.30. The van der Waals surface area contributed by atoms with Gasteiger partial charge in [-0.2, -0.15) is 0 Å². The van der Waals surface area contributed by atoms with Gasteiger partial charge >= 0.3 is 0 Å². The van der Waals surface area contributed by atoms with E-state index in [-0.39, 0.29) is 0 Å². The molecule has 1 nitrogen and oxygen atoms in total. The monoisotopic (exact) mass is 301 g/mol. The van der Waals surface area contributed by atoms with Crippen molar-refractivity contribution in [3.63, 3.8) is 0 Å². The summed E-state index contributed by atoms with van der Waals surface area (Å²) in [5.41, 5.74) is 2.09. The van der Waals surface area contributed by atoms with Crippen LogP contribution in [0.4, 0.5) is 5.69 Å². The maximum atomic E-state index is 6.18. The second-order valence-corrected chi connectivity index (χ2v) is 5.38. The second-order valence-electron chi connectivity index (χ2n) is 4.59. The Labute approximate surface area is 128 Å². The lowest BCUT2D eigenvalue weighted by atomic mass is 10.0. The van der Waals surface area contributed by atoms with Crippen molar-refractivity contribution in [2.45, 2.75) is 6.54 Å². The summed E-state index contributed by atoms with van der Waals surface area (Å²) >= 11 is 12.2. The first kappa shape index (κ1) is 13.3. The molecule has 0 saturated carbocycles. The molecule has 0 bridgehead atoms. The van der Waals surface area contributed by atoms with Gasteiger partial charge in [0.05, 0.1) is 15.7 Å². The van der Waals surface area contributed by atoms with Crippen LogP contribution in [0.2, 0.25) is 10.0 Å². The molecule has 0 aromatic heterocycles. The number of halogens is 2. The molecule has 3 aromatic carbocycles. The molecule has 3 aromatic rings. The molecule has 0 spiro atoms. The van der Waals surface area contributed by atoms with Crippen molar-refractivity contribution < 1.29 is 0 Å². The molecule has 0 aliphatic heterocycles. The van der Waals surface area contributed by atoms with Gasteiger partial charge in [-0.1, -0.05) is 71.7 Å². The smallest absolute Gasteiger partial charge is 0.0823 e. The topological polar surface area (TPSA) is 12.0 Å². The predicted molar refractivity (Wildman–Crippen MR) is 87.7 cm³/mol. The van der Waals surface area contributed by atoms with Crippen LogP contribution in [0.3, 0.4) is 0 Å². The summed E-state index contributed by atoms with van der Waals surface area (Å²) in [6.45, 7) is 0.710. The molecule has 0 fully saturated rings. The lowest BCUT2D eigenvalue weighted by molar-refractivity contribution is 1.17. The Bertz CT molecular complexity index is 748. The number of rotatable bonds is 3. The van der Waals surface area contributed by atoms with Gasteiger partial charge in [0.2, 0.25) is 0 Å². The Hall–Kier alpha value is -1.70. The van der Waals surface area contributed by atoms with E-state index >= 15 is 0 Å². The van der Waals surface area contributed by atoms with Crippen LogP contribution in [-0.4, -0.2) is 0 Å². The van der Waals surface area contributed by atoms with E-state index in [1.807, 2.05) is 18.2 Å². The molecule has 20 heavy (non-hydrogen) atoms. The van der Waals surface area contributed by atoms with Gasteiger partial charge in [-0.05, 0) is 28.5 Å². The fourth-order valence-electron chi connectivity index (χ4n) is 2.28. The molecule has 0 radical (unpaired) electrons. The molecule has 0 amide bonds. The summed E-state index contributed by atoms with van der Waals surface area (Å²) in [4.78, 5) is 0. The molecule has 3 rings (SSSR count). The third-order valence-corrected chi connectivity index (χ3v) is 4.12. The zero-order valence-electron chi connectivity index (χ0n) is 10.7. The van der Waals surface area contributed by atoms with Crippen molar-refractivity contribution in [3.8, 4) is 0 Å². The molecule has 0 unspecified atom stereocenters. The lowest BCUT2D eigenvalue weighted by Gasteiger charge is -2.11. The maximum Gasteiger partial charge on any atom is 0.0823 e. The highest BCUT2D eigenvalue weighted by Gasteiger charge is 2.05. The van der Waals surface area contributed by atoms with Crippen LogP contribution in [0.25, 0.3) is 10.8 Å². The average molecular weight is 302 g/mol. The van der Waals surface area contributed by atoms with Crippen molar-refractivity contribution in [1.82, 2.24) is 0 Å². The zero-order valence-corrected chi connectivity index (χ0v) is 12.2. The molecule has 0 atom stereocenters. The van der Waals surface area contributed by atoms with Gasteiger partial charge in [-0.15, -0.1) is 0 Å². The van der Waals surface area contributed by atoms with Crippen LogP contribution in [0.15, 0.2) is 60.7 Å². The van der Waals surface area contributed by atoms with E-state index in [0.29, 0.717) is 16.6 Å². The van der Waals surface area contributed by atoms with Gasteiger partial charge < -0.3 is 5.32 Å². The van der Waals surface area contributed by atoms with Crippen LogP contribution in [0, 0.1) is 0 Å². The summed E-state index contributed by atoms with van der Waals surface area (Å²) in [5, 5.41) is 6.96. The van der Waals surface area contributed by atoms with E-state index in [0.717, 1.165) is 5.69 Å². The maximum absolute atomic E-state index is 6.18. The number of nitrogens with one attached hydrogen (secondary N) is 1. The van der Waals surface area contributed by atoms with Gasteiger partial charge in [-0.3, -0.25) is 0 Å². The Morgan fingerprint density at radius 2 is 1.55 bits per heavy atom. The molecule has 1 N–H and O–H groups in total. The average Bonchev–Trinajstić information content (AvgIpc) is 2.49. The minimum Gasteiger partial charge on any atom is -0.380 e. The van der Waals surface area contributed by atoms with Gasteiger partial charge in [-0.25, -0.2) is 0 Å². The number of hydrogen-bond donors (Lipinski definition) is 1. The van der Waals surface area contributed by atoms with Crippen LogP contribution >= 0.6 is 23.2 Å². The van der Waals surface area contributed by atoms with E-state index in [1.165, 1.54) is 16.3 Å². The molecule has 0 saturated heterocycles. The molecule has 0 aliphatic carbocycles. The quantitative estimate of drug-likeness (QED) is 0.648. The molecule has 0 aliphatic rings. The van der Waals surface area contributed by atoms with Crippen molar-refractivity contribution in [1.29, 1.82) is 0 Å². The third kappa shape index (κ3) is 2.60. The number of benzene rings is 3. The highest BCUT2D eigenvalue weighted by atomic mass is 35.5. The molecular weight excluding hydrogens is 289 g/mol. The molecule has 100 valence electrons. The van der Waals surface area contributed by atoms with E-state index < -0.39 is 0 Å². The van der Waals surface area contributed by atoms with Crippen molar-refractivity contribution >= 4 is 39.7 Å². The summed E-state index contributed by atoms with van der Waals surface area (Å²) in [5.74, 6) is 0. The van der Waals surface area contributed by atoms with Crippen LogP contribution < -0.4 is 5.32 Å². The molecule has 0 heterocycles. The normalized spacial score (nSPS) is 10.7. The lowest BCUT2D eigenvalue weighted by Crippen LogP contribution is -2.00. The SMILES string of the molecule is Clc1cccc(NCc2cccc3ccccc23)c1Cl. The molecule has 3 heteroatoms. The summed E-state index contributed by atoms with van der Waals surface area (Å²) in [6, 6.07) is 20.3. The Morgan fingerprint density at radius 3 is 2.45 bits per heavy atom. The number of hydrogen-bond acceptors (Lipinski definition) is 1. The van der Waals surface area contributed by atoms with Crippen molar-refractivity contribution in [2.75, 3.05) is 5.32 Å². The van der Waals surface area contributed by atoms with Gasteiger partial charge in [0.15, 0.2) is 0 Å². The summed E-state index contributed by atoms with van der Waals surface area (Å²) in [7, 11) is 0. The van der Waals surface area contributed by atoms with Gasteiger partial charge in [0.25, 0.3) is 0 Å². The first-order valence-electron chi connectivity index (χ1n) is 6.40. The Kier molecular flexibility index (Phi) is 3.81. The van der Waals surface area contributed by atoms with Crippen LogP contribution in [0.5, 0.6) is 0 Å². The summed E-state index contributed by atoms with van der Waals surface area (Å²) in [6.07, 6.45) is 0. The fourth-order valence-corrected chi connectivity index (χ4v) is 2.64. The van der Waals surface area contributed by atoms with Gasteiger partial charge in [0, 0.05) is 6.54 Å². The van der Waals surface area contributed by atoms with Crippen LogP contribution in [-0.2, 0) is 6.54 Å². The van der Waals surface area contributed by atoms with Gasteiger partial charge in [0.1, 0.15) is 0 Å². The van der Waals surface area contributed by atoms with Crippen molar-refractivity contribution in [3.05, 3.63) is 76.3 Å². The first-order chi connectivity index (χ1) is 9.75. The standard InChI is InChI=1S/C17H13Cl2N/c18-15-9-4-10-16(17(15)19)20-11-13-7-3-6-12-5-1-2-8-14(12)13/h1-10,20H,11H2. The Morgan fingerprint density at radius 1 is 0.800 bits per heavy atom. The van der Waals surface area contributed by atoms with E-state index in [9.17, 15) is 0 Å². The zero-order chi connectivity index (χ0) is 13.9. The number of fused-ring (bicyclic) bond motifs is 1. The van der Waals surface area contributed by atoms with E-state index in [2.05, 4.69) is 41.7 Å². The minimum atomic E-state index is 0.564. The largest absolute Gasteiger partial charge is 0.380 e. The van der Waals surface area contributed by atoms with E-state index in [1.54, 1.807) is 6.07 Å². The van der Waals surface area contributed by atoms with E-state index in [4.69, 9.17) is 23.2 Å². The molecular formula is C17H13Cl2N. The minimum absolute atomic E-state index is 0.564. The number of anilines is 1. The second kappa shape index (κ2) is 5.74. The highest BCUT2D eigenvalue weighted by molar-refractivity contribution is 6.43. The predicted octanol–water partition coefficient (Wildman–Crippen LogP) is 5.76.